The first-order valence-electron chi connectivity index (χ1n) is 6.32. The van der Waals surface area contributed by atoms with Crippen LogP contribution >= 0.6 is 0 Å². The summed E-state index contributed by atoms with van der Waals surface area (Å²) in [7, 11) is 0. The van der Waals surface area contributed by atoms with Gasteiger partial charge in [0, 0.05) is 5.54 Å². The fourth-order valence-corrected chi connectivity index (χ4v) is 0.863. The van der Waals surface area contributed by atoms with Crippen LogP contribution in [0.25, 0.3) is 0 Å². The lowest BCUT2D eigenvalue weighted by atomic mass is 10.2. The van der Waals surface area contributed by atoms with Gasteiger partial charge in [-0.05, 0) is 40.5 Å². The standard InChI is InChI=1S/C9H17NO2.2C2H6/c1-8(2,3)12-7(11)10-9(4)5-6-9;2*1-2/h5-6H2,1-4H3,(H,10,11);2*1-2H3. The van der Waals surface area contributed by atoms with Crippen molar-refractivity contribution in [3.05, 3.63) is 0 Å². The minimum Gasteiger partial charge on any atom is -0.444 e. The molecule has 0 aromatic rings. The van der Waals surface area contributed by atoms with E-state index in [1.807, 2.05) is 55.4 Å². The topological polar surface area (TPSA) is 38.3 Å². The summed E-state index contributed by atoms with van der Waals surface area (Å²) in [5.41, 5.74) is -0.377. The molecule has 0 aromatic carbocycles. The summed E-state index contributed by atoms with van der Waals surface area (Å²) < 4.78 is 5.10. The number of ether oxygens (including phenoxy) is 1. The Morgan fingerprint density at radius 2 is 1.50 bits per heavy atom. The molecular weight excluding hydrogens is 202 g/mol. The van der Waals surface area contributed by atoms with Crippen molar-refractivity contribution < 1.29 is 9.53 Å². The molecule has 16 heavy (non-hydrogen) atoms. The van der Waals surface area contributed by atoms with Crippen LogP contribution in [0.1, 0.15) is 68.2 Å². The average Bonchev–Trinajstić information content (AvgIpc) is 2.86. The maximum absolute atomic E-state index is 11.2. The van der Waals surface area contributed by atoms with Crippen molar-refractivity contribution in [1.82, 2.24) is 5.32 Å². The molecule has 1 aliphatic rings. The summed E-state index contributed by atoms with van der Waals surface area (Å²) in [6.45, 7) is 15.6. The Morgan fingerprint density at radius 3 is 1.75 bits per heavy atom. The van der Waals surface area contributed by atoms with Gasteiger partial charge >= 0.3 is 6.09 Å². The molecule has 1 amide bonds. The highest BCUT2D eigenvalue weighted by molar-refractivity contribution is 5.69. The second-order valence-corrected chi connectivity index (χ2v) is 4.69. The van der Waals surface area contributed by atoms with Crippen LogP contribution < -0.4 is 5.32 Å². The summed E-state index contributed by atoms with van der Waals surface area (Å²) in [5, 5.41) is 2.83. The summed E-state index contributed by atoms with van der Waals surface area (Å²) in [5.74, 6) is 0. The molecule has 98 valence electrons. The van der Waals surface area contributed by atoms with Gasteiger partial charge in [0.05, 0.1) is 0 Å². The Kier molecular flexibility index (Phi) is 8.31. The number of carbonyl (C=O) groups is 1. The molecule has 0 unspecified atom stereocenters. The molecule has 0 bridgehead atoms. The van der Waals surface area contributed by atoms with E-state index in [9.17, 15) is 4.79 Å². The van der Waals surface area contributed by atoms with Crippen LogP contribution in [-0.4, -0.2) is 17.2 Å². The lowest BCUT2D eigenvalue weighted by molar-refractivity contribution is 0.0502. The molecule has 1 saturated carbocycles. The predicted molar refractivity (Wildman–Crippen MR) is 69.7 cm³/mol. The molecule has 0 aromatic heterocycles. The number of hydrogen-bond donors (Lipinski definition) is 1. The number of amides is 1. The zero-order valence-corrected chi connectivity index (χ0v) is 12.2. The lowest BCUT2D eigenvalue weighted by Gasteiger charge is -2.21. The van der Waals surface area contributed by atoms with E-state index < -0.39 is 5.60 Å². The number of nitrogens with one attached hydrogen (secondary N) is 1. The van der Waals surface area contributed by atoms with Gasteiger partial charge in [0.15, 0.2) is 0 Å². The van der Waals surface area contributed by atoms with Crippen molar-refractivity contribution in [1.29, 1.82) is 0 Å². The molecule has 0 heterocycles. The molecule has 3 nitrogen and oxygen atoms in total. The van der Waals surface area contributed by atoms with Crippen LogP contribution in [0.4, 0.5) is 4.79 Å². The zero-order chi connectivity index (χ0) is 13.4. The molecule has 0 aliphatic heterocycles. The Balaban J connectivity index is 0. The van der Waals surface area contributed by atoms with Crippen molar-refractivity contribution in [3.63, 3.8) is 0 Å². The largest absolute Gasteiger partial charge is 0.444 e. The van der Waals surface area contributed by atoms with Crippen LogP contribution in [-0.2, 0) is 4.74 Å². The van der Waals surface area contributed by atoms with Gasteiger partial charge in [-0.25, -0.2) is 4.79 Å². The molecule has 1 aliphatic carbocycles. The highest BCUT2D eigenvalue weighted by atomic mass is 16.6. The molecule has 1 N–H and O–H groups in total. The highest BCUT2D eigenvalue weighted by Gasteiger charge is 2.39. The van der Waals surface area contributed by atoms with E-state index >= 15 is 0 Å². The number of hydrogen-bond acceptors (Lipinski definition) is 2. The van der Waals surface area contributed by atoms with Crippen LogP contribution in [0.3, 0.4) is 0 Å². The smallest absolute Gasteiger partial charge is 0.408 e. The molecule has 0 spiro atoms. The third-order valence-corrected chi connectivity index (χ3v) is 1.80. The summed E-state index contributed by atoms with van der Waals surface area (Å²) >= 11 is 0. The van der Waals surface area contributed by atoms with E-state index in [1.54, 1.807) is 0 Å². The van der Waals surface area contributed by atoms with Gasteiger partial charge in [0.25, 0.3) is 0 Å². The Hall–Kier alpha value is -0.730. The molecule has 1 rings (SSSR count). The van der Waals surface area contributed by atoms with Gasteiger partial charge < -0.3 is 10.1 Å². The third-order valence-electron chi connectivity index (χ3n) is 1.80. The summed E-state index contributed by atoms with van der Waals surface area (Å²) in [6.07, 6.45) is 1.82. The van der Waals surface area contributed by atoms with Gasteiger partial charge in [-0.3, -0.25) is 0 Å². The van der Waals surface area contributed by atoms with Crippen LogP contribution in [0, 0.1) is 0 Å². The first-order valence-corrected chi connectivity index (χ1v) is 6.32. The van der Waals surface area contributed by atoms with Gasteiger partial charge in [-0.2, -0.15) is 0 Å². The molecule has 3 heteroatoms. The predicted octanol–water partition coefficient (Wildman–Crippen LogP) is 4.12. The molecule has 0 saturated heterocycles. The van der Waals surface area contributed by atoms with Crippen LogP contribution in [0.2, 0.25) is 0 Å². The molecule has 1 fully saturated rings. The monoisotopic (exact) mass is 231 g/mol. The fourth-order valence-electron chi connectivity index (χ4n) is 0.863. The first-order chi connectivity index (χ1) is 7.31. The van der Waals surface area contributed by atoms with E-state index in [4.69, 9.17) is 4.74 Å². The van der Waals surface area contributed by atoms with E-state index in [-0.39, 0.29) is 11.6 Å². The Morgan fingerprint density at radius 1 is 1.12 bits per heavy atom. The quantitative estimate of drug-likeness (QED) is 0.737. The second kappa shape index (κ2) is 7.53. The van der Waals surface area contributed by atoms with Gasteiger partial charge in [0.1, 0.15) is 5.60 Å². The SMILES string of the molecule is CC.CC.CC1(NC(=O)OC(C)(C)C)CC1. The number of rotatable bonds is 1. The van der Waals surface area contributed by atoms with E-state index in [2.05, 4.69) is 5.32 Å². The third kappa shape index (κ3) is 9.81. The fraction of sp³-hybridized carbons (Fsp3) is 0.923. The Labute approximate surface area is 101 Å². The van der Waals surface area contributed by atoms with E-state index in [0.717, 1.165) is 12.8 Å². The minimum absolute atomic E-state index is 0.0162. The molecule has 0 radical (unpaired) electrons. The van der Waals surface area contributed by atoms with Crippen molar-refractivity contribution in [2.45, 2.75) is 79.4 Å². The van der Waals surface area contributed by atoms with E-state index in [1.165, 1.54) is 0 Å². The zero-order valence-electron chi connectivity index (χ0n) is 12.2. The second-order valence-electron chi connectivity index (χ2n) is 4.69. The van der Waals surface area contributed by atoms with Gasteiger partial charge in [-0.1, -0.05) is 27.7 Å². The van der Waals surface area contributed by atoms with Gasteiger partial charge in [-0.15, -0.1) is 0 Å². The maximum Gasteiger partial charge on any atom is 0.408 e. The van der Waals surface area contributed by atoms with Crippen LogP contribution in [0.15, 0.2) is 0 Å². The molecular formula is C13H29NO2. The first kappa shape index (κ1) is 17.7. The lowest BCUT2D eigenvalue weighted by Crippen LogP contribution is -2.38. The molecule has 0 atom stereocenters. The van der Waals surface area contributed by atoms with Crippen molar-refractivity contribution in [3.8, 4) is 0 Å². The average molecular weight is 231 g/mol. The minimum atomic E-state index is -0.394. The van der Waals surface area contributed by atoms with Crippen molar-refractivity contribution >= 4 is 6.09 Å². The van der Waals surface area contributed by atoms with Gasteiger partial charge in [0.2, 0.25) is 0 Å². The van der Waals surface area contributed by atoms with Crippen LogP contribution in [0.5, 0.6) is 0 Å². The van der Waals surface area contributed by atoms with E-state index in [0.29, 0.717) is 0 Å². The van der Waals surface area contributed by atoms with Crippen molar-refractivity contribution in [2.24, 2.45) is 0 Å². The normalized spacial score (nSPS) is 15.8. The van der Waals surface area contributed by atoms with Crippen molar-refractivity contribution in [2.75, 3.05) is 0 Å². The highest BCUT2D eigenvalue weighted by Crippen LogP contribution is 2.34. The Bertz CT molecular complexity index is 181. The number of alkyl carbamates (subject to hydrolysis) is 1. The maximum atomic E-state index is 11.2. The number of carbonyl (C=O) groups excluding carboxylic acids is 1. The summed E-state index contributed by atoms with van der Waals surface area (Å²) in [6, 6.07) is 0. The summed E-state index contributed by atoms with van der Waals surface area (Å²) in [4.78, 5) is 11.2.